The Labute approximate surface area is 143 Å². The maximum Gasteiger partial charge on any atom is 0.465 e. The van der Waals surface area contributed by atoms with Crippen molar-refractivity contribution in [2.24, 2.45) is 0 Å². The smallest absolute Gasteiger partial charge is 0.465 e. The van der Waals surface area contributed by atoms with Crippen molar-refractivity contribution in [3.05, 3.63) is 53.1 Å². The number of aromatic nitrogens is 4. The predicted octanol–water partition coefficient (Wildman–Crippen LogP) is 0.0498. The van der Waals surface area contributed by atoms with Crippen LogP contribution in [0.1, 0.15) is 0 Å². The molecule has 1 fully saturated rings. The Morgan fingerprint density at radius 2 is 1.96 bits per heavy atom. The van der Waals surface area contributed by atoms with Crippen molar-refractivity contribution in [3.8, 4) is 0 Å². The van der Waals surface area contributed by atoms with Crippen LogP contribution in [0.25, 0.3) is 11.0 Å². The average Bonchev–Trinajstić information content (AvgIpc) is 2.67. The molecule has 0 amide bonds. The topological polar surface area (TPSA) is 107 Å². The van der Waals surface area contributed by atoms with Crippen LogP contribution >= 0.6 is 0 Å². The number of nitrogens with zero attached hydrogens (tertiary/aromatic N) is 5. The van der Waals surface area contributed by atoms with Crippen molar-refractivity contribution in [1.82, 2.24) is 15.4 Å². The molecule has 1 aromatic carbocycles. The highest BCUT2D eigenvalue weighted by Crippen LogP contribution is 2.19. The summed E-state index contributed by atoms with van der Waals surface area (Å²) in [4.78, 5) is 6.61. The van der Waals surface area contributed by atoms with Gasteiger partial charge in [0, 0.05) is 55.0 Å². The Bertz CT molecular complexity index is 898. The lowest BCUT2D eigenvalue weighted by atomic mass is 10.2. The van der Waals surface area contributed by atoms with Crippen LogP contribution in [-0.2, 0) is 0 Å². The summed E-state index contributed by atoms with van der Waals surface area (Å²) in [6, 6.07) is 8.68. The van der Waals surface area contributed by atoms with Gasteiger partial charge >= 0.3 is 5.95 Å². The van der Waals surface area contributed by atoms with Crippen molar-refractivity contribution in [3.63, 3.8) is 0 Å². The molecular weight excluding hydrogens is 322 g/mol. The molecular formula is C16H17N7O2. The molecule has 4 rings (SSSR count). The molecule has 9 nitrogen and oxygen atoms in total. The van der Waals surface area contributed by atoms with Gasteiger partial charge in [0.25, 0.3) is 5.52 Å². The summed E-state index contributed by atoms with van der Waals surface area (Å²) >= 11 is 0. The first-order chi connectivity index (χ1) is 12.2. The fourth-order valence-electron chi connectivity index (χ4n) is 2.89. The van der Waals surface area contributed by atoms with Crippen LogP contribution in [-0.4, -0.2) is 36.3 Å². The Morgan fingerprint density at radius 3 is 2.72 bits per heavy atom. The van der Waals surface area contributed by atoms with Crippen LogP contribution in [0.5, 0.6) is 0 Å². The number of rotatable bonds is 3. The Hall–Kier alpha value is -3.20. The van der Waals surface area contributed by atoms with E-state index in [0.29, 0.717) is 15.3 Å². The molecule has 0 spiro atoms. The third-order valence-electron chi connectivity index (χ3n) is 4.16. The molecule has 3 heterocycles. The van der Waals surface area contributed by atoms with Crippen molar-refractivity contribution in [1.29, 1.82) is 0 Å². The number of piperazine rings is 1. The molecule has 1 saturated heterocycles. The minimum atomic E-state index is -0.0899. The van der Waals surface area contributed by atoms with Gasteiger partial charge in [-0.1, -0.05) is 0 Å². The minimum Gasteiger partial charge on any atom is -0.739 e. The third kappa shape index (κ3) is 2.96. The fraction of sp³-hybridized carbons (Fsp3) is 0.250. The van der Waals surface area contributed by atoms with Crippen LogP contribution in [0.15, 0.2) is 42.7 Å². The van der Waals surface area contributed by atoms with Gasteiger partial charge in [0.1, 0.15) is 5.69 Å². The van der Waals surface area contributed by atoms with E-state index in [1.165, 1.54) is 0 Å². The maximum atomic E-state index is 12.7. The van der Waals surface area contributed by atoms with E-state index in [9.17, 15) is 10.4 Å². The number of fused-ring (bicyclic) bond motifs is 1. The highest BCUT2D eigenvalue weighted by Gasteiger charge is 2.22. The first-order valence-corrected chi connectivity index (χ1v) is 8.02. The van der Waals surface area contributed by atoms with E-state index in [0.717, 1.165) is 31.9 Å². The predicted molar refractivity (Wildman–Crippen MR) is 92.3 cm³/mol. The SMILES string of the molecule is [O-][n+]1nc(Nc2cccnc2)[n+]([O-])c2cc(N3CCNCC3)ccc21. The lowest BCUT2D eigenvalue weighted by Crippen LogP contribution is -2.45. The molecule has 0 radical (unpaired) electrons. The summed E-state index contributed by atoms with van der Waals surface area (Å²) < 4.78 is 0.641. The van der Waals surface area contributed by atoms with Gasteiger partial charge < -0.3 is 20.6 Å². The Balaban J connectivity index is 1.76. The van der Waals surface area contributed by atoms with Crippen LogP contribution in [0, 0.1) is 10.4 Å². The Morgan fingerprint density at radius 1 is 1.12 bits per heavy atom. The van der Waals surface area contributed by atoms with Gasteiger partial charge in [0.2, 0.25) is 5.10 Å². The molecule has 25 heavy (non-hydrogen) atoms. The van der Waals surface area contributed by atoms with Crippen LogP contribution < -0.4 is 25.1 Å². The van der Waals surface area contributed by atoms with E-state index in [1.54, 1.807) is 36.7 Å². The van der Waals surface area contributed by atoms with E-state index >= 15 is 0 Å². The molecule has 3 aromatic rings. The number of hydrogen-bond acceptors (Lipinski definition) is 7. The molecule has 2 N–H and O–H groups in total. The highest BCUT2D eigenvalue weighted by molar-refractivity contribution is 5.74. The van der Waals surface area contributed by atoms with E-state index in [-0.39, 0.29) is 17.0 Å². The van der Waals surface area contributed by atoms with E-state index in [1.807, 2.05) is 6.07 Å². The number of hydrogen-bond donors (Lipinski definition) is 2. The van der Waals surface area contributed by atoms with Crippen molar-refractivity contribution in [2.75, 3.05) is 36.4 Å². The zero-order chi connectivity index (χ0) is 17.2. The van der Waals surface area contributed by atoms with E-state index in [4.69, 9.17) is 0 Å². The van der Waals surface area contributed by atoms with Crippen molar-refractivity contribution in [2.45, 2.75) is 0 Å². The van der Waals surface area contributed by atoms with Gasteiger partial charge in [-0.3, -0.25) is 4.98 Å². The summed E-state index contributed by atoms with van der Waals surface area (Å²) in [5.41, 5.74) is 1.99. The van der Waals surface area contributed by atoms with Gasteiger partial charge in [-0.15, -0.1) is 0 Å². The zero-order valence-corrected chi connectivity index (χ0v) is 13.4. The molecule has 0 aliphatic carbocycles. The normalized spacial score (nSPS) is 14.6. The van der Waals surface area contributed by atoms with Gasteiger partial charge in [-0.25, -0.2) is 10.0 Å². The average molecular weight is 339 g/mol. The lowest BCUT2D eigenvalue weighted by Gasteiger charge is -2.29. The van der Waals surface area contributed by atoms with Crippen molar-refractivity contribution < 1.29 is 9.58 Å². The summed E-state index contributed by atoms with van der Waals surface area (Å²) in [6.45, 7) is 3.49. The van der Waals surface area contributed by atoms with Crippen LogP contribution in [0.3, 0.4) is 0 Å². The molecule has 0 atom stereocenters. The zero-order valence-electron chi connectivity index (χ0n) is 13.4. The van der Waals surface area contributed by atoms with Gasteiger partial charge in [0.15, 0.2) is 5.52 Å². The van der Waals surface area contributed by atoms with E-state index in [2.05, 4.69) is 25.6 Å². The molecule has 128 valence electrons. The van der Waals surface area contributed by atoms with E-state index < -0.39 is 0 Å². The second kappa shape index (κ2) is 6.36. The molecule has 0 bridgehead atoms. The van der Waals surface area contributed by atoms with Gasteiger partial charge in [-0.05, 0) is 18.2 Å². The highest BCUT2D eigenvalue weighted by atomic mass is 16.5. The number of anilines is 3. The quantitative estimate of drug-likeness (QED) is 0.513. The Kier molecular flexibility index (Phi) is 3.90. The third-order valence-corrected chi connectivity index (χ3v) is 4.16. The molecule has 1 aliphatic heterocycles. The second-order valence-electron chi connectivity index (χ2n) is 5.77. The minimum absolute atomic E-state index is 0.0899. The lowest BCUT2D eigenvalue weighted by molar-refractivity contribution is -0.672. The largest absolute Gasteiger partial charge is 0.739 e. The summed E-state index contributed by atoms with van der Waals surface area (Å²) in [7, 11) is 0. The van der Waals surface area contributed by atoms with Crippen molar-refractivity contribution >= 4 is 28.4 Å². The molecule has 2 aromatic heterocycles. The summed E-state index contributed by atoms with van der Waals surface area (Å²) in [5, 5.41) is 34.8. The molecule has 1 aliphatic rings. The number of benzene rings is 1. The standard InChI is InChI=1S/C16H17N7O2/c24-22-15-10-13(21-8-6-17-7-9-21)3-4-14(15)23(25)20-16(22)19-12-2-1-5-18-11-12/h1-5,10-11,17H,6-9H2,(H,19,20). The fourth-order valence-corrected chi connectivity index (χ4v) is 2.89. The van der Waals surface area contributed by atoms with Crippen LogP contribution in [0.4, 0.5) is 17.3 Å². The van der Waals surface area contributed by atoms with Gasteiger partial charge in [-0.2, -0.15) is 0 Å². The first kappa shape index (κ1) is 15.3. The van der Waals surface area contributed by atoms with Gasteiger partial charge in [0.05, 0.1) is 6.20 Å². The van der Waals surface area contributed by atoms with Crippen LogP contribution in [0.2, 0.25) is 0 Å². The number of nitrogens with one attached hydrogen (secondary N) is 2. The summed E-state index contributed by atoms with van der Waals surface area (Å²) in [5.74, 6) is -0.0899. The number of pyridine rings is 1. The monoisotopic (exact) mass is 339 g/mol. The first-order valence-electron chi connectivity index (χ1n) is 8.02. The summed E-state index contributed by atoms with van der Waals surface area (Å²) in [6.07, 6.45) is 3.18. The molecule has 0 saturated carbocycles. The molecule has 0 unspecified atom stereocenters. The second-order valence-corrected chi connectivity index (χ2v) is 5.77. The molecule has 9 heteroatoms. The maximum absolute atomic E-state index is 12.7.